The standard InChI is InChI=1S/C12H24N4/c1-9(10-7-8-10)14-12(16-13)15-11-5-3-2-4-6-11/h9-11H,2-8,13H2,1H3,(H2,14,15,16). The van der Waals surface area contributed by atoms with Gasteiger partial charge < -0.3 is 5.32 Å². The Morgan fingerprint density at radius 3 is 2.44 bits per heavy atom. The molecule has 16 heavy (non-hydrogen) atoms. The molecule has 4 nitrogen and oxygen atoms in total. The van der Waals surface area contributed by atoms with E-state index in [1.54, 1.807) is 0 Å². The third-order valence-electron chi connectivity index (χ3n) is 3.72. The van der Waals surface area contributed by atoms with E-state index in [1.165, 1.54) is 44.9 Å². The van der Waals surface area contributed by atoms with Crippen molar-refractivity contribution in [1.29, 1.82) is 0 Å². The molecule has 0 aromatic rings. The smallest absolute Gasteiger partial charge is 0.206 e. The van der Waals surface area contributed by atoms with E-state index in [2.05, 4.69) is 22.7 Å². The van der Waals surface area contributed by atoms with Crippen LogP contribution >= 0.6 is 0 Å². The Kier molecular flexibility index (Phi) is 4.04. The van der Waals surface area contributed by atoms with Crippen molar-refractivity contribution in [3.8, 4) is 0 Å². The molecule has 0 bridgehead atoms. The maximum absolute atomic E-state index is 5.52. The first-order chi connectivity index (χ1) is 7.79. The van der Waals surface area contributed by atoms with Crippen LogP contribution in [-0.4, -0.2) is 18.0 Å². The van der Waals surface area contributed by atoms with Crippen molar-refractivity contribution >= 4 is 5.96 Å². The van der Waals surface area contributed by atoms with E-state index in [0.29, 0.717) is 12.1 Å². The molecule has 0 amide bonds. The Morgan fingerprint density at radius 1 is 1.19 bits per heavy atom. The second kappa shape index (κ2) is 5.53. The fraction of sp³-hybridized carbons (Fsp3) is 0.917. The van der Waals surface area contributed by atoms with Crippen LogP contribution in [0.3, 0.4) is 0 Å². The quantitative estimate of drug-likeness (QED) is 0.295. The first kappa shape index (κ1) is 11.7. The maximum Gasteiger partial charge on any atom is 0.206 e. The highest BCUT2D eigenvalue weighted by Crippen LogP contribution is 2.32. The van der Waals surface area contributed by atoms with Crippen LogP contribution in [0.4, 0.5) is 0 Å². The number of rotatable bonds is 3. The van der Waals surface area contributed by atoms with Crippen LogP contribution in [0, 0.1) is 5.92 Å². The first-order valence-electron chi connectivity index (χ1n) is 6.60. The van der Waals surface area contributed by atoms with Crippen molar-refractivity contribution in [1.82, 2.24) is 10.7 Å². The minimum Gasteiger partial charge on any atom is -0.353 e. The summed E-state index contributed by atoms with van der Waals surface area (Å²) in [6.45, 7) is 2.21. The summed E-state index contributed by atoms with van der Waals surface area (Å²) in [6, 6.07) is 0.970. The molecule has 0 aliphatic heterocycles. The summed E-state index contributed by atoms with van der Waals surface area (Å²) in [6.07, 6.45) is 9.10. The van der Waals surface area contributed by atoms with Crippen molar-refractivity contribution in [2.75, 3.05) is 0 Å². The lowest BCUT2D eigenvalue weighted by Crippen LogP contribution is -2.46. The molecule has 4 N–H and O–H groups in total. The van der Waals surface area contributed by atoms with Crippen LogP contribution in [-0.2, 0) is 0 Å². The molecule has 2 rings (SSSR count). The third-order valence-corrected chi connectivity index (χ3v) is 3.72. The van der Waals surface area contributed by atoms with Gasteiger partial charge in [-0.2, -0.15) is 0 Å². The Balaban J connectivity index is 1.83. The van der Waals surface area contributed by atoms with Gasteiger partial charge in [-0.15, -0.1) is 0 Å². The van der Waals surface area contributed by atoms with E-state index in [0.717, 1.165) is 11.9 Å². The predicted molar refractivity (Wildman–Crippen MR) is 67.0 cm³/mol. The second-order valence-electron chi connectivity index (χ2n) is 5.18. The predicted octanol–water partition coefficient (Wildman–Crippen LogP) is 1.53. The Morgan fingerprint density at radius 2 is 1.88 bits per heavy atom. The number of hydrogen-bond donors (Lipinski definition) is 3. The second-order valence-corrected chi connectivity index (χ2v) is 5.18. The molecule has 1 atom stereocenters. The highest BCUT2D eigenvalue weighted by atomic mass is 15.3. The lowest BCUT2D eigenvalue weighted by molar-refractivity contribution is 0.439. The van der Waals surface area contributed by atoms with Gasteiger partial charge in [-0.3, -0.25) is 5.43 Å². The number of guanidine groups is 1. The first-order valence-corrected chi connectivity index (χ1v) is 6.60. The summed E-state index contributed by atoms with van der Waals surface area (Å²) < 4.78 is 0. The topological polar surface area (TPSA) is 62.4 Å². The minimum absolute atomic E-state index is 0.471. The van der Waals surface area contributed by atoms with Crippen LogP contribution in [0.1, 0.15) is 51.9 Å². The number of hydrazine groups is 1. The largest absolute Gasteiger partial charge is 0.353 e. The van der Waals surface area contributed by atoms with Crippen molar-refractivity contribution in [3.05, 3.63) is 0 Å². The van der Waals surface area contributed by atoms with E-state index in [-0.39, 0.29) is 0 Å². The lowest BCUT2D eigenvalue weighted by Gasteiger charge is -2.21. The zero-order valence-electron chi connectivity index (χ0n) is 10.2. The van der Waals surface area contributed by atoms with E-state index >= 15 is 0 Å². The molecule has 2 fully saturated rings. The highest BCUT2D eigenvalue weighted by Gasteiger charge is 2.28. The van der Waals surface area contributed by atoms with Gasteiger partial charge in [0.25, 0.3) is 0 Å². The van der Waals surface area contributed by atoms with Crippen molar-refractivity contribution in [3.63, 3.8) is 0 Å². The summed E-state index contributed by atoms with van der Waals surface area (Å²) in [4.78, 5) is 4.67. The molecule has 0 aromatic heterocycles. The van der Waals surface area contributed by atoms with Crippen LogP contribution in [0.15, 0.2) is 4.99 Å². The highest BCUT2D eigenvalue weighted by molar-refractivity contribution is 5.79. The number of nitrogens with two attached hydrogens (primary N) is 1. The molecule has 0 spiro atoms. The number of nitrogens with one attached hydrogen (secondary N) is 2. The average molecular weight is 224 g/mol. The monoisotopic (exact) mass is 224 g/mol. The van der Waals surface area contributed by atoms with Crippen LogP contribution in [0.5, 0.6) is 0 Å². The molecule has 4 heteroatoms. The molecular formula is C12H24N4. The summed E-state index contributed by atoms with van der Waals surface area (Å²) in [7, 11) is 0. The average Bonchev–Trinajstić information content (AvgIpc) is 3.13. The molecule has 0 aromatic carbocycles. The molecule has 2 aliphatic carbocycles. The van der Waals surface area contributed by atoms with Crippen LogP contribution in [0.2, 0.25) is 0 Å². The van der Waals surface area contributed by atoms with Gasteiger partial charge in [0.05, 0.1) is 6.04 Å². The summed E-state index contributed by atoms with van der Waals surface area (Å²) >= 11 is 0. The van der Waals surface area contributed by atoms with Crippen molar-refractivity contribution in [2.45, 2.75) is 64.0 Å². The molecule has 0 heterocycles. The minimum atomic E-state index is 0.471. The SMILES string of the molecule is CC(NC(=NC1CCCCC1)NN)C1CC1. The van der Waals surface area contributed by atoms with Crippen LogP contribution < -0.4 is 16.6 Å². The zero-order valence-corrected chi connectivity index (χ0v) is 10.2. The van der Waals surface area contributed by atoms with Gasteiger partial charge in [0.15, 0.2) is 0 Å². The molecule has 92 valence electrons. The van der Waals surface area contributed by atoms with E-state index < -0.39 is 0 Å². The summed E-state index contributed by atoms with van der Waals surface area (Å²) in [5.74, 6) is 7.12. The zero-order chi connectivity index (χ0) is 11.4. The molecule has 0 radical (unpaired) electrons. The Hall–Kier alpha value is -0.770. The molecule has 1 unspecified atom stereocenters. The molecular weight excluding hydrogens is 200 g/mol. The maximum atomic E-state index is 5.52. The Labute approximate surface area is 98.0 Å². The number of aliphatic imine (C=N–C) groups is 1. The van der Waals surface area contributed by atoms with E-state index in [9.17, 15) is 0 Å². The van der Waals surface area contributed by atoms with Gasteiger partial charge in [-0.25, -0.2) is 10.8 Å². The molecule has 0 saturated heterocycles. The summed E-state index contributed by atoms with van der Waals surface area (Å²) in [5, 5.41) is 3.39. The van der Waals surface area contributed by atoms with Crippen LogP contribution in [0.25, 0.3) is 0 Å². The van der Waals surface area contributed by atoms with Gasteiger partial charge in [0.1, 0.15) is 0 Å². The van der Waals surface area contributed by atoms with Gasteiger partial charge >= 0.3 is 0 Å². The van der Waals surface area contributed by atoms with Gasteiger partial charge in [0, 0.05) is 6.04 Å². The van der Waals surface area contributed by atoms with E-state index in [1.807, 2.05) is 0 Å². The van der Waals surface area contributed by atoms with Gasteiger partial charge in [-0.05, 0) is 38.5 Å². The normalized spacial score (nSPS) is 25.2. The van der Waals surface area contributed by atoms with Gasteiger partial charge in [-0.1, -0.05) is 19.3 Å². The molecule has 2 aliphatic rings. The Bertz CT molecular complexity index is 241. The summed E-state index contributed by atoms with van der Waals surface area (Å²) in [5.41, 5.74) is 2.70. The third kappa shape index (κ3) is 3.37. The van der Waals surface area contributed by atoms with Crippen molar-refractivity contribution in [2.24, 2.45) is 16.8 Å². The fourth-order valence-electron chi connectivity index (χ4n) is 2.44. The van der Waals surface area contributed by atoms with Crippen molar-refractivity contribution < 1.29 is 0 Å². The fourth-order valence-corrected chi connectivity index (χ4v) is 2.44. The number of hydrogen-bond acceptors (Lipinski definition) is 2. The van der Waals surface area contributed by atoms with E-state index in [4.69, 9.17) is 5.84 Å². The van der Waals surface area contributed by atoms with Gasteiger partial charge in [0.2, 0.25) is 5.96 Å². The molecule has 2 saturated carbocycles. The lowest BCUT2D eigenvalue weighted by atomic mass is 9.96. The number of nitrogens with zero attached hydrogens (tertiary/aromatic N) is 1.